The second-order valence-electron chi connectivity index (χ2n) is 2.98. The third-order valence-corrected chi connectivity index (χ3v) is 2.06. The molecule has 0 saturated carbocycles. The van der Waals surface area contributed by atoms with Crippen LogP contribution in [0, 0.1) is 0 Å². The quantitative estimate of drug-likeness (QED) is 0.445. The zero-order chi connectivity index (χ0) is 11.3. The summed E-state index contributed by atoms with van der Waals surface area (Å²) in [4.78, 5) is 11.2. The summed E-state index contributed by atoms with van der Waals surface area (Å²) >= 11 is 5.73. The molecule has 0 amide bonds. The molecule has 0 unspecified atom stereocenters. The van der Waals surface area contributed by atoms with Crippen molar-refractivity contribution >= 4 is 17.6 Å². The Hall–Kier alpha value is -1.54. The van der Waals surface area contributed by atoms with Crippen molar-refractivity contribution < 1.29 is 9.53 Å². The van der Waals surface area contributed by atoms with Crippen molar-refractivity contribution in [3.05, 3.63) is 59.8 Å². The molecular formula is C12H11ClO2. The molecule has 15 heavy (non-hydrogen) atoms. The Kier molecular flexibility index (Phi) is 4.13. The van der Waals surface area contributed by atoms with Crippen LogP contribution in [0.2, 0.25) is 5.02 Å². The van der Waals surface area contributed by atoms with Gasteiger partial charge in [-0.15, -0.1) is 0 Å². The molecule has 3 heteroatoms. The summed E-state index contributed by atoms with van der Waals surface area (Å²) in [5.74, 6) is -0.458. The fourth-order valence-corrected chi connectivity index (χ4v) is 1.21. The monoisotopic (exact) mass is 222 g/mol. The van der Waals surface area contributed by atoms with Crippen LogP contribution in [0.15, 0.2) is 49.3 Å². The lowest BCUT2D eigenvalue weighted by molar-refractivity contribution is -0.133. The Bertz CT molecular complexity index is 379. The lowest BCUT2D eigenvalue weighted by Crippen LogP contribution is -2.05. The fourth-order valence-electron chi connectivity index (χ4n) is 1.08. The molecule has 0 bridgehead atoms. The topological polar surface area (TPSA) is 26.3 Å². The summed E-state index contributed by atoms with van der Waals surface area (Å²) in [7, 11) is 0. The van der Waals surface area contributed by atoms with Gasteiger partial charge in [0.2, 0.25) is 0 Å². The van der Waals surface area contributed by atoms with Crippen LogP contribution < -0.4 is 0 Å². The molecular weight excluding hydrogens is 212 g/mol. The molecule has 0 aliphatic heterocycles. The Morgan fingerprint density at radius 3 is 2.53 bits per heavy atom. The van der Waals surface area contributed by atoms with Gasteiger partial charge >= 0.3 is 5.97 Å². The molecule has 0 atom stereocenters. The second kappa shape index (κ2) is 5.37. The summed E-state index contributed by atoms with van der Waals surface area (Å²) in [6.45, 7) is 6.94. The average molecular weight is 223 g/mol. The molecule has 0 radical (unpaired) electrons. The summed E-state index contributed by atoms with van der Waals surface area (Å²) in [6, 6.07) is 7.22. The van der Waals surface area contributed by atoms with Crippen molar-refractivity contribution in [2.75, 3.05) is 0 Å². The first-order valence-corrected chi connectivity index (χ1v) is 4.75. The number of esters is 1. The van der Waals surface area contributed by atoms with Crippen molar-refractivity contribution in [2.45, 2.75) is 6.42 Å². The minimum absolute atomic E-state index is 0.386. The fraction of sp³-hybridized carbons (Fsp3) is 0.0833. The van der Waals surface area contributed by atoms with Crippen molar-refractivity contribution in [2.24, 2.45) is 0 Å². The third kappa shape index (κ3) is 3.60. The first-order valence-electron chi connectivity index (χ1n) is 4.37. The smallest absolute Gasteiger partial charge is 0.338 e. The molecule has 0 fully saturated rings. The van der Waals surface area contributed by atoms with Crippen LogP contribution in [0.25, 0.3) is 0 Å². The summed E-state index contributed by atoms with van der Waals surface area (Å²) in [5, 5.41) is 0.665. The second-order valence-corrected chi connectivity index (χ2v) is 3.42. The normalized spacial score (nSPS) is 9.40. The number of rotatable bonds is 4. The standard InChI is InChI=1S/C12H11ClO2/c1-3-15-12(14)9(2)8-10-4-6-11(13)7-5-10/h3-7H,1-2,8H2. The number of carbonyl (C=O) groups excluding carboxylic acids is 1. The van der Waals surface area contributed by atoms with Gasteiger partial charge in [-0.2, -0.15) is 0 Å². The maximum Gasteiger partial charge on any atom is 0.338 e. The van der Waals surface area contributed by atoms with E-state index in [1.807, 2.05) is 12.1 Å². The number of hydrogen-bond acceptors (Lipinski definition) is 2. The maximum absolute atomic E-state index is 11.2. The van der Waals surface area contributed by atoms with E-state index in [-0.39, 0.29) is 0 Å². The highest BCUT2D eigenvalue weighted by atomic mass is 35.5. The van der Waals surface area contributed by atoms with Gasteiger partial charge in [0.05, 0.1) is 6.26 Å². The van der Waals surface area contributed by atoms with Crippen molar-refractivity contribution in [1.29, 1.82) is 0 Å². The van der Waals surface area contributed by atoms with Crippen molar-refractivity contribution in [3.63, 3.8) is 0 Å². The third-order valence-electron chi connectivity index (χ3n) is 1.81. The minimum atomic E-state index is -0.458. The summed E-state index contributed by atoms with van der Waals surface area (Å²) < 4.78 is 4.60. The van der Waals surface area contributed by atoms with Gasteiger partial charge in [0.25, 0.3) is 0 Å². The predicted molar refractivity (Wildman–Crippen MR) is 60.6 cm³/mol. The number of ether oxygens (including phenoxy) is 1. The Balaban J connectivity index is 2.62. The van der Waals surface area contributed by atoms with Gasteiger partial charge in [-0.25, -0.2) is 4.79 Å². The lowest BCUT2D eigenvalue weighted by atomic mass is 10.1. The molecule has 0 aliphatic rings. The van der Waals surface area contributed by atoms with Gasteiger partial charge in [0, 0.05) is 17.0 Å². The Morgan fingerprint density at radius 1 is 1.40 bits per heavy atom. The van der Waals surface area contributed by atoms with Gasteiger partial charge in [-0.3, -0.25) is 0 Å². The van der Waals surface area contributed by atoms with Crippen LogP contribution in [0.5, 0.6) is 0 Å². The Morgan fingerprint density at radius 2 is 2.00 bits per heavy atom. The molecule has 0 saturated heterocycles. The van der Waals surface area contributed by atoms with Crippen LogP contribution in [-0.4, -0.2) is 5.97 Å². The highest BCUT2D eigenvalue weighted by Crippen LogP contribution is 2.13. The average Bonchev–Trinajstić information content (AvgIpc) is 2.22. The van der Waals surface area contributed by atoms with Crippen LogP contribution in [0.3, 0.4) is 0 Å². The van der Waals surface area contributed by atoms with Gasteiger partial charge in [0.1, 0.15) is 0 Å². The highest BCUT2D eigenvalue weighted by molar-refractivity contribution is 6.30. The zero-order valence-electron chi connectivity index (χ0n) is 8.20. The van der Waals surface area contributed by atoms with E-state index in [1.165, 1.54) is 0 Å². The molecule has 1 aromatic carbocycles. The largest absolute Gasteiger partial charge is 0.432 e. The van der Waals surface area contributed by atoms with E-state index < -0.39 is 5.97 Å². The van der Waals surface area contributed by atoms with E-state index in [9.17, 15) is 4.79 Å². The summed E-state index contributed by atoms with van der Waals surface area (Å²) in [6.07, 6.45) is 1.54. The van der Waals surface area contributed by atoms with Gasteiger partial charge in [0.15, 0.2) is 0 Å². The molecule has 0 N–H and O–H groups in total. The first-order chi connectivity index (χ1) is 7.13. The SMILES string of the molecule is C=COC(=O)C(=C)Cc1ccc(Cl)cc1. The van der Waals surface area contributed by atoms with Gasteiger partial charge in [-0.1, -0.05) is 36.9 Å². The molecule has 0 aliphatic carbocycles. The first kappa shape index (κ1) is 11.5. The van der Waals surface area contributed by atoms with E-state index in [4.69, 9.17) is 11.6 Å². The van der Waals surface area contributed by atoms with Crippen LogP contribution in [-0.2, 0) is 16.0 Å². The lowest BCUT2D eigenvalue weighted by Gasteiger charge is -2.03. The van der Waals surface area contributed by atoms with E-state index >= 15 is 0 Å². The number of carbonyl (C=O) groups is 1. The molecule has 0 heterocycles. The van der Waals surface area contributed by atoms with Crippen LogP contribution in [0.4, 0.5) is 0 Å². The highest BCUT2D eigenvalue weighted by Gasteiger charge is 2.07. The minimum Gasteiger partial charge on any atom is -0.432 e. The van der Waals surface area contributed by atoms with E-state index in [1.54, 1.807) is 12.1 Å². The van der Waals surface area contributed by atoms with Gasteiger partial charge < -0.3 is 4.74 Å². The van der Waals surface area contributed by atoms with Crippen LogP contribution in [0.1, 0.15) is 5.56 Å². The molecule has 2 nitrogen and oxygen atoms in total. The number of benzene rings is 1. The van der Waals surface area contributed by atoms with E-state index in [0.717, 1.165) is 11.8 Å². The predicted octanol–water partition coefficient (Wildman–Crippen LogP) is 3.13. The Labute approximate surface area is 93.8 Å². The molecule has 78 valence electrons. The zero-order valence-corrected chi connectivity index (χ0v) is 8.96. The van der Waals surface area contributed by atoms with Crippen molar-refractivity contribution in [1.82, 2.24) is 0 Å². The van der Waals surface area contributed by atoms with Gasteiger partial charge in [-0.05, 0) is 17.7 Å². The van der Waals surface area contributed by atoms with Crippen LogP contribution >= 0.6 is 11.6 Å². The summed E-state index contributed by atoms with van der Waals surface area (Å²) in [5.41, 5.74) is 1.35. The van der Waals surface area contributed by atoms with E-state index in [2.05, 4.69) is 17.9 Å². The molecule has 0 spiro atoms. The molecule has 0 aromatic heterocycles. The number of hydrogen-bond donors (Lipinski definition) is 0. The van der Waals surface area contributed by atoms with E-state index in [0.29, 0.717) is 17.0 Å². The number of halogens is 1. The maximum atomic E-state index is 11.2. The van der Waals surface area contributed by atoms with Crippen molar-refractivity contribution in [3.8, 4) is 0 Å². The molecule has 1 aromatic rings. The molecule has 1 rings (SSSR count).